The first-order valence-corrected chi connectivity index (χ1v) is 9.20. The zero-order valence-corrected chi connectivity index (χ0v) is 16.6. The van der Waals surface area contributed by atoms with Crippen molar-refractivity contribution in [1.29, 1.82) is 0 Å². The molecule has 2 aromatic rings. The maximum atomic E-state index is 12.6. The molecule has 2 amide bonds. The summed E-state index contributed by atoms with van der Waals surface area (Å²) in [6, 6.07) is 11.1. The molecule has 2 N–H and O–H groups in total. The summed E-state index contributed by atoms with van der Waals surface area (Å²) in [4.78, 5) is 25.0. The fourth-order valence-corrected chi connectivity index (χ4v) is 3.06. The van der Waals surface area contributed by atoms with Crippen molar-refractivity contribution in [3.8, 4) is 0 Å². The quantitative estimate of drug-likeness (QED) is 0.720. The average Bonchev–Trinajstić information content (AvgIpc) is 2.58. The molecule has 0 heterocycles. The van der Waals surface area contributed by atoms with E-state index in [0.29, 0.717) is 10.0 Å². The number of amides is 2. The van der Waals surface area contributed by atoms with Crippen LogP contribution in [-0.2, 0) is 11.3 Å². The van der Waals surface area contributed by atoms with Crippen LogP contribution in [0, 0.1) is 5.92 Å². The highest BCUT2D eigenvalue weighted by atomic mass is 35.5. The van der Waals surface area contributed by atoms with E-state index in [1.165, 1.54) is 12.1 Å². The van der Waals surface area contributed by atoms with Gasteiger partial charge in [0.15, 0.2) is 0 Å². The van der Waals surface area contributed by atoms with E-state index >= 15 is 0 Å². The number of nitrogens with one attached hydrogen (secondary N) is 2. The van der Waals surface area contributed by atoms with E-state index in [1.807, 2.05) is 32.0 Å². The highest BCUT2D eigenvalue weighted by Crippen LogP contribution is 2.21. The molecule has 0 radical (unpaired) electrons. The molecule has 2 rings (SSSR count). The van der Waals surface area contributed by atoms with Crippen LogP contribution in [0.3, 0.4) is 0 Å². The van der Waals surface area contributed by atoms with E-state index in [-0.39, 0.29) is 29.0 Å². The fraction of sp³-hybridized carbons (Fsp3) is 0.263. The summed E-state index contributed by atoms with van der Waals surface area (Å²) in [5.74, 6) is -0.840. The number of benzene rings is 2. The lowest BCUT2D eigenvalue weighted by Gasteiger charge is -2.22. The van der Waals surface area contributed by atoms with Gasteiger partial charge in [-0.05, 0) is 35.7 Å². The first-order chi connectivity index (χ1) is 12.3. The van der Waals surface area contributed by atoms with Gasteiger partial charge < -0.3 is 10.6 Å². The third-order valence-electron chi connectivity index (χ3n) is 3.82. The Balaban J connectivity index is 2.06. The number of rotatable bonds is 6. The molecule has 0 saturated heterocycles. The summed E-state index contributed by atoms with van der Waals surface area (Å²) in [5.41, 5.74) is 1.07. The number of carbonyl (C=O) groups is 2. The molecule has 0 aliphatic heterocycles. The second kappa shape index (κ2) is 9.26. The predicted octanol–water partition coefficient (Wildman–Crippen LogP) is 4.72. The van der Waals surface area contributed by atoms with Crippen LogP contribution in [0.4, 0.5) is 0 Å². The molecule has 0 saturated carbocycles. The lowest BCUT2D eigenvalue weighted by Crippen LogP contribution is -2.49. The normalized spacial score (nSPS) is 11.9. The van der Waals surface area contributed by atoms with Gasteiger partial charge in [-0.25, -0.2) is 0 Å². The molecule has 0 aliphatic carbocycles. The highest BCUT2D eigenvalue weighted by molar-refractivity contribution is 6.36. The Morgan fingerprint density at radius 3 is 2.31 bits per heavy atom. The van der Waals surface area contributed by atoms with Crippen LogP contribution in [-0.4, -0.2) is 17.9 Å². The van der Waals surface area contributed by atoms with Gasteiger partial charge in [0.05, 0.1) is 10.6 Å². The van der Waals surface area contributed by atoms with E-state index in [4.69, 9.17) is 34.8 Å². The summed E-state index contributed by atoms with van der Waals surface area (Å²) in [6.45, 7) is 3.98. The fourth-order valence-electron chi connectivity index (χ4n) is 2.36. The van der Waals surface area contributed by atoms with Gasteiger partial charge in [0.1, 0.15) is 6.04 Å². The lowest BCUT2D eigenvalue weighted by atomic mass is 10.0. The average molecular weight is 414 g/mol. The largest absolute Gasteiger partial charge is 0.350 e. The number of carbonyl (C=O) groups excluding carboxylic acids is 2. The van der Waals surface area contributed by atoms with Crippen molar-refractivity contribution in [2.24, 2.45) is 5.92 Å². The lowest BCUT2D eigenvalue weighted by molar-refractivity contribution is -0.124. The van der Waals surface area contributed by atoms with Gasteiger partial charge in [0.25, 0.3) is 5.91 Å². The first kappa shape index (κ1) is 20.6. The van der Waals surface area contributed by atoms with Crippen LogP contribution in [0.15, 0.2) is 42.5 Å². The zero-order chi connectivity index (χ0) is 19.3. The Morgan fingerprint density at radius 1 is 1.00 bits per heavy atom. The van der Waals surface area contributed by atoms with Gasteiger partial charge in [-0.1, -0.05) is 66.8 Å². The van der Waals surface area contributed by atoms with E-state index < -0.39 is 11.9 Å². The van der Waals surface area contributed by atoms with Crippen LogP contribution in [0.5, 0.6) is 0 Å². The second-order valence-corrected chi connectivity index (χ2v) is 7.38. The monoisotopic (exact) mass is 412 g/mol. The Kier molecular flexibility index (Phi) is 7.33. The number of hydrogen-bond donors (Lipinski definition) is 2. The molecule has 138 valence electrons. The molecule has 0 spiro atoms. The molecule has 26 heavy (non-hydrogen) atoms. The SMILES string of the molecule is CC(C)C(NC(=O)c1ccc(Cl)cc1Cl)C(=O)NCc1ccccc1Cl. The minimum absolute atomic E-state index is 0.115. The molecule has 4 nitrogen and oxygen atoms in total. The molecule has 0 bridgehead atoms. The van der Waals surface area contributed by atoms with E-state index in [1.54, 1.807) is 12.1 Å². The summed E-state index contributed by atoms with van der Waals surface area (Å²) in [6.07, 6.45) is 0. The first-order valence-electron chi connectivity index (χ1n) is 8.06. The van der Waals surface area contributed by atoms with Crippen LogP contribution >= 0.6 is 34.8 Å². The van der Waals surface area contributed by atoms with Crippen molar-refractivity contribution in [2.45, 2.75) is 26.4 Å². The van der Waals surface area contributed by atoms with Gasteiger partial charge >= 0.3 is 0 Å². The van der Waals surface area contributed by atoms with Crippen molar-refractivity contribution in [2.75, 3.05) is 0 Å². The van der Waals surface area contributed by atoms with Gasteiger partial charge in [0, 0.05) is 16.6 Å². The molecule has 0 aromatic heterocycles. The van der Waals surface area contributed by atoms with Gasteiger partial charge in [-0.15, -0.1) is 0 Å². The second-order valence-electron chi connectivity index (χ2n) is 6.13. The Hall–Kier alpha value is -1.75. The molecule has 1 atom stereocenters. The molecule has 0 aliphatic rings. The third kappa shape index (κ3) is 5.37. The van der Waals surface area contributed by atoms with Gasteiger partial charge in [0.2, 0.25) is 5.91 Å². The maximum absolute atomic E-state index is 12.6. The molecule has 0 fully saturated rings. The molecular weight excluding hydrogens is 395 g/mol. The van der Waals surface area contributed by atoms with Crippen molar-refractivity contribution in [3.05, 3.63) is 68.7 Å². The van der Waals surface area contributed by atoms with Crippen LogP contribution < -0.4 is 10.6 Å². The van der Waals surface area contributed by atoms with Crippen molar-refractivity contribution >= 4 is 46.6 Å². The van der Waals surface area contributed by atoms with Gasteiger partial charge in [-0.3, -0.25) is 9.59 Å². The highest BCUT2D eigenvalue weighted by Gasteiger charge is 2.25. The summed E-state index contributed by atoms with van der Waals surface area (Å²) in [7, 11) is 0. The van der Waals surface area contributed by atoms with Crippen molar-refractivity contribution in [1.82, 2.24) is 10.6 Å². The summed E-state index contributed by atoms with van der Waals surface area (Å²) < 4.78 is 0. The van der Waals surface area contributed by atoms with Crippen LogP contribution in [0.2, 0.25) is 15.1 Å². The minimum Gasteiger partial charge on any atom is -0.350 e. The van der Waals surface area contributed by atoms with E-state index in [2.05, 4.69) is 10.6 Å². The molecule has 7 heteroatoms. The summed E-state index contributed by atoms with van der Waals surface area (Å²) >= 11 is 18.0. The van der Waals surface area contributed by atoms with E-state index in [9.17, 15) is 9.59 Å². The van der Waals surface area contributed by atoms with Crippen molar-refractivity contribution in [3.63, 3.8) is 0 Å². The topological polar surface area (TPSA) is 58.2 Å². The summed E-state index contributed by atoms with van der Waals surface area (Å²) in [5, 5.41) is 6.78. The maximum Gasteiger partial charge on any atom is 0.253 e. The third-order valence-corrected chi connectivity index (χ3v) is 4.74. The van der Waals surface area contributed by atoms with Crippen LogP contribution in [0.1, 0.15) is 29.8 Å². The standard InChI is InChI=1S/C19H19Cl3N2O2/c1-11(2)17(19(26)23-10-12-5-3-4-6-15(12)21)24-18(25)14-8-7-13(20)9-16(14)22/h3-9,11,17H,10H2,1-2H3,(H,23,26)(H,24,25). The number of halogens is 3. The zero-order valence-electron chi connectivity index (χ0n) is 14.4. The Bertz CT molecular complexity index is 809. The Labute approximate surface area is 167 Å². The van der Waals surface area contributed by atoms with Gasteiger partial charge in [-0.2, -0.15) is 0 Å². The molecule has 2 aromatic carbocycles. The molecule has 1 unspecified atom stereocenters. The van der Waals surface area contributed by atoms with Crippen molar-refractivity contribution < 1.29 is 9.59 Å². The smallest absolute Gasteiger partial charge is 0.253 e. The predicted molar refractivity (Wildman–Crippen MR) is 106 cm³/mol. The minimum atomic E-state index is -0.711. The van der Waals surface area contributed by atoms with E-state index in [0.717, 1.165) is 5.56 Å². The number of hydrogen-bond acceptors (Lipinski definition) is 2. The molecular formula is C19H19Cl3N2O2. The Morgan fingerprint density at radius 2 is 1.69 bits per heavy atom. The van der Waals surface area contributed by atoms with Crippen LogP contribution in [0.25, 0.3) is 0 Å².